The third-order valence-corrected chi connectivity index (χ3v) is 4.50. The van der Waals surface area contributed by atoms with Gasteiger partial charge in [0.05, 0.1) is 26.6 Å². The van der Waals surface area contributed by atoms with Crippen molar-refractivity contribution < 1.29 is 5.11 Å². The molecule has 19 heavy (non-hydrogen) atoms. The Kier molecular flexibility index (Phi) is 3.38. The van der Waals surface area contributed by atoms with E-state index < -0.39 is 6.10 Å². The highest BCUT2D eigenvalue weighted by molar-refractivity contribution is 9.10. The first-order valence-electron chi connectivity index (χ1n) is 5.93. The summed E-state index contributed by atoms with van der Waals surface area (Å²) in [6, 6.07) is 3.96. The Hall–Kier alpha value is -1.24. The van der Waals surface area contributed by atoms with Gasteiger partial charge in [-0.25, -0.2) is 0 Å². The number of aromatic nitrogens is 3. The molecule has 0 aromatic carbocycles. The van der Waals surface area contributed by atoms with Gasteiger partial charge in [-0.15, -0.1) is 11.3 Å². The standard InChI is InChI=1S/C13H12BrN3OS/c1-2-17-12(9(14)7-16-17)13(18)8-5-11-10(15-6-8)3-4-19-11/h3-7,13,18H,2H2,1H3. The Labute approximate surface area is 122 Å². The van der Waals surface area contributed by atoms with E-state index in [1.807, 2.05) is 24.4 Å². The summed E-state index contributed by atoms with van der Waals surface area (Å²) >= 11 is 5.06. The number of pyridine rings is 1. The lowest BCUT2D eigenvalue weighted by molar-refractivity contribution is 0.207. The second-order valence-corrected chi connectivity index (χ2v) is 5.97. The van der Waals surface area contributed by atoms with Crippen molar-refractivity contribution in [3.8, 4) is 0 Å². The van der Waals surface area contributed by atoms with Crippen molar-refractivity contribution in [2.24, 2.45) is 0 Å². The number of rotatable bonds is 3. The zero-order valence-electron chi connectivity index (χ0n) is 10.2. The lowest BCUT2D eigenvalue weighted by Gasteiger charge is -2.13. The molecule has 0 saturated carbocycles. The highest BCUT2D eigenvalue weighted by Crippen LogP contribution is 2.30. The molecule has 3 aromatic heterocycles. The number of aliphatic hydroxyl groups is 1. The Morgan fingerprint density at radius 1 is 1.47 bits per heavy atom. The first-order chi connectivity index (χ1) is 9.20. The molecule has 3 aromatic rings. The van der Waals surface area contributed by atoms with Crippen LogP contribution in [0.5, 0.6) is 0 Å². The average molecular weight is 338 g/mol. The van der Waals surface area contributed by atoms with E-state index in [1.54, 1.807) is 28.4 Å². The molecule has 1 N–H and O–H groups in total. The number of aryl methyl sites for hydroxylation is 1. The average Bonchev–Trinajstić information content (AvgIpc) is 3.02. The molecule has 1 atom stereocenters. The lowest BCUT2D eigenvalue weighted by Crippen LogP contribution is -2.09. The minimum absolute atomic E-state index is 0.715. The molecule has 0 spiro atoms. The van der Waals surface area contributed by atoms with Gasteiger partial charge in [0, 0.05) is 18.3 Å². The second-order valence-electron chi connectivity index (χ2n) is 4.17. The summed E-state index contributed by atoms with van der Waals surface area (Å²) < 4.78 is 3.68. The van der Waals surface area contributed by atoms with Crippen LogP contribution in [0.1, 0.15) is 24.3 Å². The number of aliphatic hydroxyl groups excluding tert-OH is 1. The summed E-state index contributed by atoms with van der Waals surface area (Å²) in [6.45, 7) is 2.71. The predicted octanol–water partition coefficient (Wildman–Crippen LogP) is 3.36. The number of nitrogens with zero attached hydrogens (tertiary/aromatic N) is 3. The molecule has 1 unspecified atom stereocenters. The van der Waals surface area contributed by atoms with Crippen molar-refractivity contribution in [3.63, 3.8) is 0 Å². The van der Waals surface area contributed by atoms with Crippen LogP contribution in [0.2, 0.25) is 0 Å². The summed E-state index contributed by atoms with van der Waals surface area (Å²) in [5.74, 6) is 0. The molecule has 3 rings (SSSR count). The van der Waals surface area contributed by atoms with Gasteiger partial charge in [0.1, 0.15) is 6.10 Å². The summed E-state index contributed by atoms with van der Waals surface area (Å²) in [7, 11) is 0. The molecular weight excluding hydrogens is 326 g/mol. The molecule has 0 aliphatic heterocycles. The largest absolute Gasteiger partial charge is 0.382 e. The van der Waals surface area contributed by atoms with E-state index in [0.29, 0.717) is 6.54 Å². The maximum Gasteiger partial charge on any atom is 0.123 e. The third-order valence-electron chi connectivity index (χ3n) is 3.03. The SMILES string of the molecule is CCn1ncc(Br)c1C(O)c1cnc2ccsc2c1. The van der Waals surface area contributed by atoms with Crippen LogP contribution in [0.25, 0.3) is 10.2 Å². The minimum Gasteiger partial charge on any atom is -0.382 e. The van der Waals surface area contributed by atoms with Crippen LogP contribution >= 0.6 is 27.3 Å². The molecule has 6 heteroatoms. The van der Waals surface area contributed by atoms with E-state index in [0.717, 1.165) is 25.9 Å². The summed E-state index contributed by atoms with van der Waals surface area (Å²) in [6.07, 6.45) is 2.70. The quantitative estimate of drug-likeness (QED) is 0.797. The van der Waals surface area contributed by atoms with Crippen LogP contribution in [0.15, 0.2) is 34.4 Å². The Morgan fingerprint density at radius 2 is 2.32 bits per heavy atom. The first-order valence-corrected chi connectivity index (χ1v) is 7.60. The molecule has 0 aliphatic rings. The van der Waals surface area contributed by atoms with Crippen LogP contribution < -0.4 is 0 Å². The van der Waals surface area contributed by atoms with Crippen LogP contribution in [0, 0.1) is 0 Å². The second kappa shape index (κ2) is 5.03. The van der Waals surface area contributed by atoms with Crippen molar-refractivity contribution in [1.82, 2.24) is 14.8 Å². The molecule has 0 radical (unpaired) electrons. The van der Waals surface area contributed by atoms with E-state index in [9.17, 15) is 5.11 Å². The van der Waals surface area contributed by atoms with E-state index >= 15 is 0 Å². The van der Waals surface area contributed by atoms with Crippen molar-refractivity contribution in [1.29, 1.82) is 0 Å². The fourth-order valence-electron chi connectivity index (χ4n) is 2.06. The maximum absolute atomic E-state index is 10.5. The number of fused-ring (bicyclic) bond motifs is 1. The van der Waals surface area contributed by atoms with E-state index in [-0.39, 0.29) is 0 Å². The lowest BCUT2D eigenvalue weighted by atomic mass is 10.1. The highest BCUT2D eigenvalue weighted by atomic mass is 79.9. The van der Waals surface area contributed by atoms with Crippen molar-refractivity contribution in [3.05, 3.63) is 45.6 Å². The van der Waals surface area contributed by atoms with Crippen LogP contribution in [-0.4, -0.2) is 19.9 Å². The van der Waals surface area contributed by atoms with Crippen LogP contribution in [0.4, 0.5) is 0 Å². The molecule has 3 heterocycles. The number of hydrogen-bond donors (Lipinski definition) is 1. The normalized spacial score (nSPS) is 13.0. The van der Waals surface area contributed by atoms with Gasteiger partial charge < -0.3 is 5.11 Å². The molecule has 0 aliphatic carbocycles. The van der Waals surface area contributed by atoms with Gasteiger partial charge in [-0.05, 0) is 40.4 Å². The number of hydrogen-bond acceptors (Lipinski definition) is 4. The molecule has 0 saturated heterocycles. The molecule has 4 nitrogen and oxygen atoms in total. The third kappa shape index (κ3) is 2.20. The monoisotopic (exact) mass is 337 g/mol. The zero-order valence-corrected chi connectivity index (χ0v) is 12.6. The van der Waals surface area contributed by atoms with Gasteiger partial charge in [-0.3, -0.25) is 9.67 Å². The molecule has 98 valence electrons. The molecule has 0 bridgehead atoms. The molecular formula is C13H12BrN3OS. The number of halogens is 1. The van der Waals surface area contributed by atoms with E-state index in [4.69, 9.17) is 0 Å². The van der Waals surface area contributed by atoms with Gasteiger partial charge in [0.15, 0.2) is 0 Å². The van der Waals surface area contributed by atoms with Gasteiger partial charge in [-0.1, -0.05) is 0 Å². The van der Waals surface area contributed by atoms with E-state index in [1.165, 1.54) is 0 Å². The van der Waals surface area contributed by atoms with Gasteiger partial charge in [0.25, 0.3) is 0 Å². The summed E-state index contributed by atoms with van der Waals surface area (Å²) in [4.78, 5) is 4.36. The van der Waals surface area contributed by atoms with Crippen molar-refractivity contribution in [2.75, 3.05) is 0 Å². The van der Waals surface area contributed by atoms with Crippen molar-refractivity contribution in [2.45, 2.75) is 19.6 Å². The van der Waals surface area contributed by atoms with Crippen LogP contribution in [-0.2, 0) is 6.54 Å². The summed E-state index contributed by atoms with van der Waals surface area (Å²) in [5, 5.41) is 16.8. The zero-order chi connectivity index (χ0) is 13.4. The predicted molar refractivity (Wildman–Crippen MR) is 79.3 cm³/mol. The number of thiophene rings is 1. The Balaban J connectivity index is 2.07. The van der Waals surface area contributed by atoms with Gasteiger partial charge in [0.2, 0.25) is 0 Å². The van der Waals surface area contributed by atoms with E-state index in [2.05, 4.69) is 26.0 Å². The fraction of sp³-hybridized carbons (Fsp3) is 0.231. The van der Waals surface area contributed by atoms with Gasteiger partial charge in [-0.2, -0.15) is 5.10 Å². The topological polar surface area (TPSA) is 50.9 Å². The maximum atomic E-state index is 10.5. The minimum atomic E-state index is -0.726. The van der Waals surface area contributed by atoms with Crippen LogP contribution in [0.3, 0.4) is 0 Å². The molecule has 0 fully saturated rings. The van der Waals surface area contributed by atoms with Crippen molar-refractivity contribution >= 4 is 37.5 Å². The first kappa shape index (κ1) is 12.8. The Bertz CT molecular complexity index is 722. The highest BCUT2D eigenvalue weighted by Gasteiger charge is 2.19. The Morgan fingerprint density at radius 3 is 3.11 bits per heavy atom. The van der Waals surface area contributed by atoms with Gasteiger partial charge >= 0.3 is 0 Å². The summed E-state index contributed by atoms with van der Waals surface area (Å²) in [5.41, 5.74) is 2.51. The fourth-order valence-corrected chi connectivity index (χ4v) is 3.37. The molecule has 0 amide bonds. The smallest absolute Gasteiger partial charge is 0.123 e.